The lowest BCUT2D eigenvalue weighted by molar-refractivity contribution is 0.0698. The van der Waals surface area contributed by atoms with Gasteiger partial charge in [-0.1, -0.05) is 23.7 Å². The van der Waals surface area contributed by atoms with Crippen LogP contribution in [0.4, 0.5) is 11.4 Å². The van der Waals surface area contributed by atoms with Crippen LogP contribution in [0, 0.1) is 0 Å². The molecule has 0 atom stereocenters. The molecule has 2 aromatic carbocycles. The fraction of sp³-hybridized carbons (Fsp3) is 0.0667. The van der Waals surface area contributed by atoms with Gasteiger partial charge in [-0.25, -0.2) is 4.79 Å². The highest BCUT2D eigenvalue weighted by molar-refractivity contribution is 7.90. The Bertz CT molecular complexity index is 1000. The average molecular weight is 382 g/mol. The number of benzene rings is 2. The number of nitrogens with zero attached hydrogens (tertiary/aromatic N) is 1. The summed E-state index contributed by atoms with van der Waals surface area (Å²) in [7, 11) is -2.67. The van der Waals surface area contributed by atoms with E-state index in [-0.39, 0.29) is 38.6 Å². The maximum Gasteiger partial charge on any atom is 0.337 e. The molecule has 130 valence electrons. The molecule has 8 nitrogen and oxygen atoms in total. The normalized spacial score (nSPS) is 14.7. The van der Waals surface area contributed by atoms with Gasteiger partial charge in [-0.15, -0.1) is 4.40 Å². The third kappa shape index (κ3) is 3.24. The lowest BCUT2D eigenvalue weighted by Gasteiger charge is -2.21. The van der Waals surface area contributed by atoms with Gasteiger partial charge in [-0.05, 0) is 18.2 Å². The molecule has 0 saturated heterocycles. The van der Waals surface area contributed by atoms with Crippen molar-refractivity contribution in [1.82, 2.24) is 0 Å². The molecule has 25 heavy (non-hydrogen) atoms. The fourth-order valence-electron chi connectivity index (χ4n) is 2.32. The number of guanidine groups is 1. The van der Waals surface area contributed by atoms with Gasteiger partial charge in [0, 0.05) is 11.1 Å². The number of rotatable bonds is 3. The van der Waals surface area contributed by atoms with E-state index in [9.17, 15) is 18.3 Å². The average Bonchev–Trinajstić information content (AvgIpc) is 2.55. The van der Waals surface area contributed by atoms with Crippen molar-refractivity contribution in [2.75, 3.05) is 17.7 Å². The molecule has 1 aliphatic heterocycles. The van der Waals surface area contributed by atoms with Crippen molar-refractivity contribution in [3.8, 4) is 5.75 Å². The molecule has 0 aliphatic carbocycles. The quantitative estimate of drug-likeness (QED) is 0.748. The van der Waals surface area contributed by atoms with Gasteiger partial charge in [0.15, 0.2) is 0 Å². The van der Waals surface area contributed by atoms with Crippen LogP contribution in [0.2, 0.25) is 5.02 Å². The zero-order chi connectivity index (χ0) is 18.2. The van der Waals surface area contributed by atoms with Crippen LogP contribution in [0.3, 0.4) is 0 Å². The third-order valence-electron chi connectivity index (χ3n) is 3.39. The summed E-state index contributed by atoms with van der Waals surface area (Å²) in [6.07, 6.45) is 0. The lowest BCUT2D eigenvalue weighted by atomic mass is 10.2. The van der Waals surface area contributed by atoms with E-state index in [1.165, 1.54) is 31.4 Å². The predicted molar refractivity (Wildman–Crippen MR) is 93.3 cm³/mol. The van der Waals surface area contributed by atoms with Crippen LogP contribution in [0.1, 0.15) is 10.4 Å². The van der Waals surface area contributed by atoms with Crippen LogP contribution in [-0.2, 0) is 10.0 Å². The number of para-hydroxylation sites is 1. The molecular weight excluding hydrogens is 370 g/mol. The number of sulfonamides is 1. The number of carbonyl (C=O) groups is 1. The van der Waals surface area contributed by atoms with Crippen LogP contribution in [0.15, 0.2) is 45.7 Å². The van der Waals surface area contributed by atoms with E-state index in [1.54, 1.807) is 12.1 Å². The van der Waals surface area contributed by atoms with Crippen molar-refractivity contribution in [2.24, 2.45) is 4.40 Å². The number of ether oxygens (including phenoxy) is 1. The number of halogens is 1. The highest BCUT2D eigenvalue weighted by Crippen LogP contribution is 2.38. The molecule has 0 bridgehead atoms. The minimum absolute atomic E-state index is 0.0294. The van der Waals surface area contributed by atoms with Crippen molar-refractivity contribution in [1.29, 1.82) is 0 Å². The summed E-state index contributed by atoms with van der Waals surface area (Å²) in [5, 5.41) is 14.9. The highest BCUT2D eigenvalue weighted by Gasteiger charge is 2.29. The predicted octanol–water partition coefficient (Wildman–Crippen LogP) is 2.63. The Kier molecular flexibility index (Phi) is 4.27. The number of carboxylic acids is 1. The standard InChI is InChI=1S/C15H12ClN3O5S/c1-24-11-6-8(16)7-12-13(11)18-15(19-25(12,22)23)17-10-5-3-2-4-9(10)14(20)21/h2-7H,1H3,(H,20,21)(H2,17,18,19). The summed E-state index contributed by atoms with van der Waals surface area (Å²) < 4.78 is 33.6. The number of anilines is 2. The molecular formula is C15H12ClN3O5S. The Labute approximate surface area is 148 Å². The molecule has 0 radical (unpaired) electrons. The molecule has 1 heterocycles. The lowest BCUT2D eigenvalue weighted by Crippen LogP contribution is -2.29. The minimum Gasteiger partial charge on any atom is -0.494 e. The number of fused-ring (bicyclic) bond motifs is 1. The van der Waals surface area contributed by atoms with Crippen LogP contribution in [-0.4, -0.2) is 32.6 Å². The van der Waals surface area contributed by atoms with Crippen molar-refractivity contribution in [3.05, 3.63) is 47.0 Å². The van der Waals surface area contributed by atoms with Gasteiger partial charge in [-0.3, -0.25) is 0 Å². The minimum atomic E-state index is -4.05. The van der Waals surface area contributed by atoms with E-state index in [1.807, 2.05) is 0 Å². The fourth-order valence-corrected chi connectivity index (χ4v) is 3.70. The molecule has 0 amide bonds. The number of carboxylic acid groups (broad SMARTS) is 1. The molecule has 3 rings (SSSR count). The first kappa shape index (κ1) is 17.1. The van der Waals surface area contributed by atoms with E-state index in [2.05, 4.69) is 15.0 Å². The summed E-state index contributed by atoms with van der Waals surface area (Å²) in [6.45, 7) is 0. The smallest absolute Gasteiger partial charge is 0.337 e. The van der Waals surface area contributed by atoms with Crippen LogP contribution >= 0.6 is 11.6 Å². The maximum atomic E-state index is 12.4. The van der Waals surface area contributed by atoms with E-state index < -0.39 is 16.0 Å². The number of aromatic carboxylic acids is 1. The second kappa shape index (κ2) is 6.26. The molecule has 0 unspecified atom stereocenters. The second-order valence-electron chi connectivity index (χ2n) is 5.00. The first-order chi connectivity index (χ1) is 11.8. The molecule has 0 fully saturated rings. The van der Waals surface area contributed by atoms with Gasteiger partial charge in [-0.2, -0.15) is 8.42 Å². The van der Waals surface area contributed by atoms with Crippen LogP contribution < -0.4 is 15.4 Å². The molecule has 2 aromatic rings. The summed E-state index contributed by atoms with van der Waals surface area (Å²) in [4.78, 5) is 11.1. The van der Waals surface area contributed by atoms with Crippen LogP contribution in [0.5, 0.6) is 5.75 Å². The van der Waals surface area contributed by atoms with Gasteiger partial charge in [0.05, 0.1) is 18.4 Å². The first-order valence-corrected chi connectivity index (χ1v) is 8.72. The molecule has 1 aliphatic rings. The third-order valence-corrected chi connectivity index (χ3v) is 4.91. The van der Waals surface area contributed by atoms with Crippen molar-refractivity contribution in [3.63, 3.8) is 0 Å². The topological polar surface area (TPSA) is 117 Å². The molecule has 0 aromatic heterocycles. The van der Waals surface area contributed by atoms with Gasteiger partial charge in [0.2, 0.25) is 5.96 Å². The molecule has 10 heteroatoms. The Morgan fingerprint density at radius 2 is 2.04 bits per heavy atom. The van der Waals surface area contributed by atoms with E-state index in [0.717, 1.165) is 0 Å². The highest BCUT2D eigenvalue weighted by atomic mass is 35.5. The van der Waals surface area contributed by atoms with Gasteiger partial charge in [0.1, 0.15) is 16.3 Å². The van der Waals surface area contributed by atoms with Gasteiger partial charge >= 0.3 is 5.97 Å². The SMILES string of the molecule is COc1cc(Cl)cc2c1NC(Nc1ccccc1C(=O)O)=NS2(=O)=O. The van der Waals surface area contributed by atoms with Gasteiger partial charge in [0.25, 0.3) is 10.0 Å². The van der Waals surface area contributed by atoms with Gasteiger partial charge < -0.3 is 20.5 Å². The zero-order valence-electron chi connectivity index (χ0n) is 12.8. The number of methoxy groups -OCH3 is 1. The Morgan fingerprint density at radius 3 is 2.72 bits per heavy atom. The maximum absolute atomic E-state index is 12.4. The van der Waals surface area contributed by atoms with E-state index in [4.69, 9.17) is 16.3 Å². The number of nitrogens with one attached hydrogen (secondary N) is 2. The second-order valence-corrected chi connectivity index (χ2v) is 7.01. The molecule has 0 saturated carbocycles. The summed E-state index contributed by atoms with van der Waals surface area (Å²) in [5.74, 6) is -1.10. The number of hydrogen-bond acceptors (Lipinski definition) is 6. The van der Waals surface area contributed by atoms with Crippen LogP contribution in [0.25, 0.3) is 0 Å². The molecule has 3 N–H and O–H groups in total. The summed E-state index contributed by atoms with van der Waals surface area (Å²) in [6, 6.07) is 8.76. The Morgan fingerprint density at radius 1 is 1.32 bits per heavy atom. The summed E-state index contributed by atoms with van der Waals surface area (Å²) >= 11 is 5.91. The Hall–Kier alpha value is -2.78. The number of hydrogen-bond donors (Lipinski definition) is 3. The first-order valence-electron chi connectivity index (χ1n) is 6.90. The largest absolute Gasteiger partial charge is 0.494 e. The Balaban J connectivity index is 2.05. The van der Waals surface area contributed by atoms with E-state index in [0.29, 0.717) is 0 Å². The molecule has 0 spiro atoms. The zero-order valence-corrected chi connectivity index (χ0v) is 14.4. The summed E-state index contributed by atoms with van der Waals surface area (Å²) in [5.41, 5.74) is 0.323. The van der Waals surface area contributed by atoms with Crippen molar-refractivity contribution >= 4 is 44.9 Å². The van der Waals surface area contributed by atoms with E-state index >= 15 is 0 Å². The monoisotopic (exact) mass is 381 g/mol. The van der Waals surface area contributed by atoms with Crippen molar-refractivity contribution in [2.45, 2.75) is 4.90 Å². The van der Waals surface area contributed by atoms with Crippen molar-refractivity contribution < 1.29 is 23.1 Å².